The Hall–Kier alpha value is -2.60. The molecule has 0 aromatic heterocycles. The van der Waals surface area contributed by atoms with Gasteiger partial charge in [0.15, 0.2) is 0 Å². The second-order valence-electron chi connectivity index (χ2n) is 5.69. The molecule has 2 aromatic rings. The number of anilines is 2. The average Bonchev–Trinajstić information content (AvgIpc) is 2.78. The summed E-state index contributed by atoms with van der Waals surface area (Å²) in [4.78, 5) is 26.5. The molecule has 2 aliphatic rings. The Bertz CT molecular complexity index is 818. The van der Waals surface area contributed by atoms with Crippen LogP contribution in [0.5, 0.6) is 0 Å². The highest BCUT2D eigenvalue weighted by molar-refractivity contribution is 6.28. The number of nitrogens with one attached hydrogen (secondary N) is 1. The smallest absolute Gasteiger partial charge is 0.259 e. The van der Waals surface area contributed by atoms with Crippen LogP contribution in [0.2, 0.25) is 0 Å². The number of benzene rings is 2. The van der Waals surface area contributed by atoms with Crippen molar-refractivity contribution >= 4 is 34.0 Å². The molecule has 0 aliphatic carbocycles. The molecule has 0 bridgehead atoms. The maximum Gasteiger partial charge on any atom is 0.259 e. The standard InChI is InChI=1S/C16H15N3O3/c17-10-4-5-11-14-8(10)2-1-3-9(14)16(22)19(11)12-6-7-13(20)18-15(12)21/h1-5,12-13,20H,6-7,17H2,(H,18,21). The number of rotatable bonds is 1. The number of carbonyl (C=O) groups is 2. The molecule has 2 atom stereocenters. The van der Waals surface area contributed by atoms with Crippen LogP contribution >= 0.6 is 0 Å². The zero-order valence-corrected chi connectivity index (χ0v) is 11.7. The number of hydrogen-bond donors (Lipinski definition) is 3. The third kappa shape index (κ3) is 1.64. The fraction of sp³-hybridized carbons (Fsp3) is 0.250. The van der Waals surface area contributed by atoms with Gasteiger partial charge in [0.05, 0.1) is 5.69 Å². The lowest BCUT2D eigenvalue weighted by molar-refractivity contribution is -0.128. The van der Waals surface area contributed by atoms with Crippen LogP contribution in [0.4, 0.5) is 11.4 Å². The number of nitrogens with two attached hydrogens (primary N) is 1. The van der Waals surface area contributed by atoms with Crippen molar-refractivity contribution in [1.82, 2.24) is 5.32 Å². The number of nitrogens with zero attached hydrogens (tertiary/aromatic N) is 1. The van der Waals surface area contributed by atoms with Gasteiger partial charge in [-0.2, -0.15) is 0 Å². The van der Waals surface area contributed by atoms with Gasteiger partial charge in [-0.15, -0.1) is 0 Å². The molecule has 1 saturated heterocycles. The molecule has 1 fully saturated rings. The van der Waals surface area contributed by atoms with Crippen LogP contribution in [0, 0.1) is 0 Å². The van der Waals surface area contributed by atoms with Crippen LogP contribution in [0.15, 0.2) is 30.3 Å². The maximum absolute atomic E-state index is 12.8. The van der Waals surface area contributed by atoms with E-state index in [-0.39, 0.29) is 11.8 Å². The summed E-state index contributed by atoms with van der Waals surface area (Å²) in [7, 11) is 0. The minimum absolute atomic E-state index is 0.192. The average molecular weight is 297 g/mol. The highest BCUT2D eigenvalue weighted by Gasteiger charge is 2.40. The van der Waals surface area contributed by atoms with Crippen LogP contribution in [-0.2, 0) is 4.79 Å². The molecule has 2 amide bonds. The molecule has 2 heterocycles. The van der Waals surface area contributed by atoms with Gasteiger partial charge in [0, 0.05) is 22.0 Å². The fourth-order valence-electron chi connectivity index (χ4n) is 3.36. The lowest BCUT2D eigenvalue weighted by Gasteiger charge is -2.33. The molecule has 6 nitrogen and oxygen atoms in total. The summed E-state index contributed by atoms with van der Waals surface area (Å²) in [5.41, 5.74) is 7.88. The lowest BCUT2D eigenvalue weighted by atomic mass is 10.0. The number of carbonyl (C=O) groups excluding carboxylic acids is 2. The molecule has 2 aliphatic heterocycles. The summed E-state index contributed by atoms with van der Waals surface area (Å²) >= 11 is 0. The molecule has 0 radical (unpaired) electrons. The number of piperidine rings is 1. The Labute approximate surface area is 126 Å². The molecule has 4 rings (SSSR count). The molecule has 2 aromatic carbocycles. The van der Waals surface area contributed by atoms with Crippen molar-refractivity contribution < 1.29 is 14.7 Å². The topological polar surface area (TPSA) is 95.7 Å². The van der Waals surface area contributed by atoms with Gasteiger partial charge in [-0.1, -0.05) is 12.1 Å². The van der Waals surface area contributed by atoms with E-state index in [1.54, 1.807) is 24.3 Å². The van der Waals surface area contributed by atoms with E-state index in [9.17, 15) is 14.7 Å². The molecular weight excluding hydrogens is 282 g/mol. The minimum Gasteiger partial charge on any atom is -0.398 e. The first-order valence-electron chi connectivity index (χ1n) is 7.21. The predicted octanol–water partition coefficient (Wildman–Crippen LogP) is 0.979. The second kappa shape index (κ2) is 4.45. The third-order valence-corrected chi connectivity index (χ3v) is 4.40. The second-order valence-corrected chi connectivity index (χ2v) is 5.69. The van der Waals surface area contributed by atoms with Crippen molar-refractivity contribution in [2.24, 2.45) is 0 Å². The zero-order valence-electron chi connectivity index (χ0n) is 11.7. The molecular formula is C16H15N3O3. The first-order valence-corrected chi connectivity index (χ1v) is 7.21. The van der Waals surface area contributed by atoms with Crippen LogP contribution in [0.1, 0.15) is 23.2 Å². The van der Waals surface area contributed by atoms with Gasteiger partial charge >= 0.3 is 0 Å². The summed E-state index contributed by atoms with van der Waals surface area (Å²) in [6, 6.07) is 8.36. The number of aliphatic hydroxyl groups is 1. The van der Waals surface area contributed by atoms with E-state index in [4.69, 9.17) is 5.73 Å². The van der Waals surface area contributed by atoms with Gasteiger partial charge in [-0.05, 0) is 31.0 Å². The van der Waals surface area contributed by atoms with E-state index in [0.717, 1.165) is 10.8 Å². The monoisotopic (exact) mass is 297 g/mol. The van der Waals surface area contributed by atoms with Gasteiger partial charge < -0.3 is 16.2 Å². The summed E-state index contributed by atoms with van der Waals surface area (Å²) < 4.78 is 0. The summed E-state index contributed by atoms with van der Waals surface area (Å²) in [6.07, 6.45) is 0.0167. The molecule has 2 unspecified atom stereocenters. The van der Waals surface area contributed by atoms with E-state index < -0.39 is 12.3 Å². The van der Waals surface area contributed by atoms with E-state index in [1.165, 1.54) is 4.90 Å². The van der Waals surface area contributed by atoms with E-state index >= 15 is 0 Å². The van der Waals surface area contributed by atoms with Gasteiger partial charge in [0.25, 0.3) is 5.91 Å². The Morgan fingerprint density at radius 2 is 2.00 bits per heavy atom. The quantitative estimate of drug-likeness (QED) is 0.684. The van der Waals surface area contributed by atoms with Crippen molar-refractivity contribution in [2.75, 3.05) is 10.6 Å². The van der Waals surface area contributed by atoms with Crippen molar-refractivity contribution in [3.8, 4) is 0 Å². The molecule has 0 saturated carbocycles. The predicted molar refractivity (Wildman–Crippen MR) is 82.3 cm³/mol. The normalized spacial score (nSPS) is 24.0. The van der Waals surface area contributed by atoms with Crippen molar-refractivity contribution in [2.45, 2.75) is 25.1 Å². The molecule has 112 valence electrons. The van der Waals surface area contributed by atoms with Crippen molar-refractivity contribution in [1.29, 1.82) is 0 Å². The number of aliphatic hydroxyl groups excluding tert-OH is 1. The summed E-state index contributed by atoms with van der Waals surface area (Å²) in [6.45, 7) is 0. The van der Waals surface area contributed by atoms with Crippen LogP contribution in [-0.4, -0.2) is 29.2 Å². The lowest BCUT2D eigenvalue weighted by Crippen LogP contribution is -2.55. The van der Waals surface area contributed by atoms with Crippen LogP contribution < -0.4 is 16.0 Å². The van der Waals surface area contributed by atoms with Gasteiger partial charge in [-0.25, -0.2) is 0 Å². The maximum atomic E-state index is 12.8. The Morgan fingerprint density at radius 3 is 2.77 bits per heavy atom. The van der Waals surface area contributed by atoms with Crippen LogP contribution in [0.3, 0.4) is 0 Å². The Morgan fingerprint density at radius 1 is 1.18 bits per heavy atom. The number of hydrogen-bond acceptors (Lipinski definition) is 4. The first-order chi connectivity index (χ1) is 10.6. The number of nitrogen functional groups attached to an aromatic ring is 1. The van der Waals surface area contributed by atoms with Gasteiger partial charge in [-0.3, -0.25) is 14.5 Å². The highest BCUT2D eigenvalue weighted by atomic mass is 16.3. The SMILES string of the molecule is Nc1ccc2c3c(cccc13)C(=O)N2C1CCC(O)NC1=O. The first kappa shape index (κ1) is 13.1. The largest absolute Gasteiger partial charge is 0.398 e. The summed E-state index contributed by atoms with van der Waals surface area (Å²) in [5, 5.41) is 13.6. The van der Waals surface area contributed by atoms with E-state index in [1.807, 2.05) is 6.07 Å². The van der Waals surface area contributed by atoms with Crippen molar-refractivity contribution in [3.63, 3.8) is 0 Å². The Balaban J connectivity index is 1.87. The minimum atomic E-state index is -0.838. The third-order valence-electron chi connectivity index (χ3n) is 4.40. The highest BCUT2D eigenvalue weighted by Crippen LogP contribution is 2.41. The summed E-state index contributed by atoms with van der Waals surface area (Å²) in [5.74, 6) is -0.521. The van der Waals surface area contributed by atoms with E-state index in [2.05, 4.69) is 5.32 Å². The number of amides is 2. The molecule has 6 heteroatoms. The van der Waals surface area contributed by atoms with Crippen molar-refractivity contribution in [3.05, 3.63) is 35.9 Å². The molecule has 0 spiro atoms. The zero-order chi connectivity index (χ0) is 15.4. The van der Waals surface area contributed by atoms with Gasteiger partial charge in [0.1, 0.15) is 12.3 Å². The Kier molecular flexibility index (Phi) is 2.65. The van der Waals surface area contributed by atoms with Gasteiger partial charge in [0.2, 0.25) is 5.91 Å². The molecule has 4 N–H and O–H groups in total. The molecule has 22 heavy (non-hydrogen) atoms. The van der Waals surface area contributed by atoms with E-state index in [0.29, 0.717) is 29.8 Å². The fourth-order valence-corrected chi connectivity index (χ4v) is 3.36. The van der Waals surface area contributed by atoms with Crippen LogP contribution in [0.25, 0.3) is 10.8 Å².